The average Bonchev–Trinajstić information content (AvgIpc) is 3.25. The maximum atomic E-state index is 12.8. The number of aliphatic hydroxyl groups is 1. The number of hydroxylamine groups is 2. The minimum absolute atomic E-state index is 0.0978. The van der Waals surface area contributed by atoms with E-state index in [0.29, 0.717) is 32.9 Å². The van der Waals surface area contributed by atoms with E-state index >= 15 is 0 Å². The molecule has 4 rings (SSSR count). The molecule has 1 atom stereocenters. The van der Waals surface area contributed by atoms with Crippen molar-refractivity contribution in [2.75, 3.05) is 13.2 Å². The number of halogens is 1. The number of amides is 1. The molecule has 122 valence electrons. The van der Waals surface area contributed by atoms with Gasteiger partial charge in [-0.05, 0) is 24.3 Å². The van der Waals surface area contributed by atoms with Gasteiger partial charge in [0.1, 0.15) is 18.4 Å². The topological polar surface area (TPSA) is 75.8 Å². The first-order chi connectivity index (χ1) is 11.6. The molecule has 1 aliphatic rings. The molecule has 3 heterocycles. The number of rotatable bonds is 2. The van der Waals surface area contributed by atoms with Crippen LogP contribution in [0.15, 0.2) is 47.1 Å². The van der Waals surface area contributed by atoms with Gasteiger partial charge in [0.15, 0.2) is 5.76 Å². The molecule has 2 aromatic heterocycles. The van der Waals surface area contributed by atoms with E-state index in [1.165, 1.54) is 6.26 Å². The highest BCUT2D eigenvalue weighted by atomic mass is 35.5. The van der Waals surface area contributed by atoms with Gasteiger partial charge in [-0.1, -0.05) is 23.7 Å². The minimum Gasteiger partial charge on any atom is -0.463 e. The van der Waals surface area contributed by atoms with Gasteiger partial charge >= 0.3 is 0 Å². The highest BCUT2D eigenvalue weighted by molar-refractivity contribution is 6.35. The molecule has 0 saturated carbocycles. The van der Waals surface area contributed by atoms with Crippen molar-refractivity contribution in [2.45, 2.75) is 6.10 Å². The smallest absolute Gasteiger partial charge is 0.278 e. The molecule has 1 N–H and O–H groups in total. The van der Waals surface area contributed by atoms with Gasteiger partial charge in [0, 0.05) is 5.39 Å². The van der Waals surface area contributed by atoms with Crippen molar-refractivity contribution in [3.63, 3.8) is 0 Å². The molecule has 0 radical (unpaired) electrons. The first-order valence-electron chi connectivity index (χ1n) is 7.39. The summed E-state index contributed by atoms with van der Waals surface area (Å²) in [7, 11) is 0. The maximum Gasteiger partial charge on any atom is 0.278 e. The number of hydrogen-bond donors (Lipinski definition) is 1. The van der Waals surface area contributed by atoms with Gasteiger partial charge < -0.3 is 9.52 Å². The molecule has 1 aromatic carbocycles. The molecule has 1 amide bonds. The van der Waals surface area contributed by atoms with Gasteiger partial charge in [-0.15, -0.1) is 0 Å². The van der Waals surface area contributed by atoms with Crippen molar-refractivity contribution in [3.8, 4) is 11.5 Å². The number of fused-ring (bicyclic) bond motifs is 1. The summed E-state index contributed by atoms with van der Waals surface area (Å²) < 4.78 is 5.38. The number of carbonyl (C=O) groups excluding carboxylic acids is 1. The van der Waals surface area contributed by atoms with Crippen molar-refractivity contribution in [1.82, 2.24) is 10.0 Å². The van der Waals surface area contributed by atoms with Crippen LogP contribution in [0.5, 0.6) is 0 Å². The molecule has 0 bridgehead atoms. The van der Waals surface area contributed by atoms with Crippen LogP contribution < -0.4 is 0 Å². The Morgan fingerprint density at radius 2 is 2.21 bits per heavy atom. The van der Waals surface area contributed by atoms with E-state index < -0.39 is 6.10 Å². The van der Waals surface area contributed by atoms with E-state index in [9.17, 15) is 9.90 Å². The predicted octanol–water partition coefficient (Wildman–Crippen LogP) is 2.90. The van der Waals surface area contributed by atoms with E-state index in [4.69, 9.17) is 20.9 Å². The van der Waals surface area contributed by atoms with Crippen molar-refractivity contribution in [3.05, 3.63) is 53.2 Å². The lowest BCUT2D eigenvalue weighted by Gasteiger charge is -2.16. The fourth-order valence-electron chi connectivity index (χ4n) is 2.69. The molecule has 1 aliphatic heterocycles. The second-order valence-electron chi connectivity index (χ2n) is 5.48. The summed E-state index contributed by atoms with van der Waals surface area (Å²) in [5.74, 6) is 0.183. The zero-order chi connectivity index (χ0) is 16.7. The Bertz CT molecular complexity index is 910. The van der Waals surface area contributed by atoms with Crippen molar-refractivity contribution in [1.29, 1.82) is 0 Å². The molecule has 0 spiro atoms. The maximum absolute atomic E-state index is 12.8. The number of β-amino-alcohol motifs (C(OH)–C–C–N with tert-alkyl or cyclic N) is 1. The Morgan fingerprint density at radius 1 is 1.33 bits per heavy atom. The van der Waals surface area contributed by atoms with Crippen LogP contribution in [0.3, 0.4) is 0 Å². The Hall–Kier alpha value is -2.41. The van der Waals surface area contributed by atoms with E-state index in [2.05, 4.69) is 4.98 Å². The number of aromatic nitrogens is 1. The molecule has 0 unspecified atom stereocenters. The highest BCUT2D eigenvalue weighted by Gasteiger charge is 2.29. The number of nitrogens with zero attached hydrogens (tertiary/aromatic N) is 2. The highest BCUT2D eigenvalue weighted by Crippen LogP contribution is 2.30. The first kappa shape index (κ1) is 15.1. The van der Waals surface area contributed by atoms with E-state index in [-0.39, 0.29) is 19.1 Å². The van der Waals surface area contributed by atoms with Crippen LogP contribution in [0.4, 0.5) is 0 Å². The third-order valence-corrected chi connectivity index (χ3v) is 4.13. The van der Waals surface area contributed by atoms with Crippen LogP contribution >= 0.6 is 11.6 Å². The van der Waals surface area contributed by atoms with Crippen LogP contribution in [0.1, 0.15) is 10.4 Å². The molecule has 24 heavy (non-hydrogen) atoms. The monoisotopic (exact) mass is 344 g/mol. The molecule has 1 fully saturated rings. The average molecular weight is 345 g/mol. The zero-order valence-electron chi connectivity index (χ0n) is 12.5. The van der Waals surface area contributed by atoms with Crippen LogP contribution in [0.2, 0.25) is 5.02 Å². The van der Waals surface area contributed by atoms with Gasteiger partial charge in [-0.25, -0.2) is 10.0 Å². The second-order valence-corrected chi connectivity index (χ2v) is 5.89. The SMILES string of the molecule is O=C(c1cc(-c2ccco2)nc2c(Cl)cccc12)N1C[C@H](O)CO1. The summed E-state index contributed by atoms with van der Waals surface area (Å²) in [6, 6.07) is 10.4. The number of hydrogen-bond acceptors (Lipinski definition) is 5. The number of pyridine rings is 1. The van der Waals surface area contributed by atoms with Gasteiger partial charge in [0.2, 0.25) is 0 Å². The van der Waals surface area contributed by atoms with Crippen molar-refractivity contribution < 1.29 is 19.2 Å². The summed E-state index contributed by atoms with van der Waals surface area (Å²) in [6.45, 7) is 0.222. The lowest BCUT2D eigenvalue weighted by atomic mass is 10.1. The minimum atomic E-state index is -0.685. The van der Waals surface area contributed by atoms with Crippen LogP contribution in [0, 0.1) is 0 Å². The van der Waals surface area contributed by atoms with Crippen LogP contribution in [-0.4, -0.2) is 40.3 Å². The van der Waals surface area contributed by atoms with Crippen LogP contribution in [-0.2, 0) is 4.84 Å². The van der Waals surface area contributed by atoms with Gasteiger partial charge in [0.05, 0.1) is 28.9 Å². The molecule has 7 heteroatoms. The fraction of sp³-hybridized carbons (Fsp3) is 0.176. The second kappa shape index (κ2) is 5.90. The van der Waals surface area contributed by atoms with Gasteiger partial charge in [-0.2, -0.15) is 0 Å². The number of furan rings is 1. The lowest BCUT2D eigenvalue weighted by Crippen LogP contribution is -2.28. The van der Waals surface area contributed by atoms with E-state index in [0.717, 1.165) is 5.06 Å². The molecular weight excluding hydrogens is 332 g/mol. The first-order valence-corrected chi connectivity index (χ1v) is 7.77. The van der Waals surface area contributed by atoms with Crippen molar-refractivity contribution in [2.24, 2.45) is 0 Å². The van der Waals surface area contributed by atoms with Gasteiger partial charge in [0.25, 0.3) is 5.91 Å². The number of para-hydroxylation sites is 1. The molecule has 3 aromatic rings. The lowest BCUT2D eigenvalue weighted by molar-refractivity contribution is -0.0778. The molecule has 0 aliphatic carbocycles. The van der Waals surface area contributed by atoms with E-state index in [1.54, 1.807) is 36.4 Å². The van der Waals surface area contributed by atoms with Crippen molar-refractivity contribution >= 4 is 28.4 Å². The Balaban J connectivity index is 1.89. The summed E-state index contributed by atoms with van der Waals surface area (Å²) in [5.41, 5.74) is 1.41. The summed E-state index contributed by atoms with van der Waals surface area (Å²) in [6.07, 6.45) is 0.852. The molecule has 6 nitrogen and oxygen atoms in total. The number of benzene rings is 1. The van der Waals surface area contributed by atoms with Crippen LogP contribution in [0.25, 0.3) is 22.4 Å². The normalized spacial score (nSPS) is 17.6. The Kier molecular flexibility index (Phi) is 3.72. The van der Waals surface area contributed by atoms with E-state index in [1.807, 2.05) is 0 Å². The largest absolute Gasteiger partial charge is 0.463 e. The summed E-state index contributed by atoms with van der Waals surface area (Å²) >= 11 is 6.26. The quantitative estimate of drug-likeness (QED) is 0.773. The standard InChI is InChI=1S/C17H13ClN2O4/c18-13-4-1-3-11-12(17(22)20-8-10(21)9-24-20)7-14(19-16(11)13)15-5-2-6-23-15/h1-7,10,21H,8-9H2/t10-/m0/s1. The fourth-order valence-corrected chi connectivity index (χ4v) is 2.91. The zero-order valence-corrected chi connectivity index (χ0v) is 13.2. The molecular formula is C17H13ClN2O4. The van der Waals surface area contributed by atoms with Gasteiger partial charge in [-0.3, -0.25) is 9.63 Å². The Labute approximate surface area is 142 Å². The number of carbonyl (C=O) groups is 1. The third kappa shape index (κ3) is 2.54. The third-order valence-electron chi connectivity index (χ3n) is 3.82. The predicted molar refractivity (Wildman–Crippen MR) is 87.5 cm³/mol. The molecule has 1 saturated heterocycles. The number of aliphatic hydroxyl groups excluding tert-OH is 1. The summed E-state index contributed by atoms with van der Waals surface area (Å²) in [4.78, 5) is 22.6. The Morgan fingerprint density at radius 3 is 2.92 bits per heavy atom. The summed E-state index contributed by atoms with van der Waals surface area (Å²) in [5, 5.41) is 11.8.